The van der Waals surface area contributed by atoms with E-state index in [-0.39, 0.29) is 17.2 Å². The molecule has 0 fully saturated rings. The third-order valence-corrected chi connectivity index (χ3v) is 4.69. The first-order valence-corrected chi connectivity index (χ1v) is 9.35. The van der Waals surface area contributed by atoms with Crippen LogP contribution in [0.5, 0.6) is 5.75 Å². The van der Waals surface area contributed by atoms with Crippen molar-refractivity contribution in [2.75, 3.05) is 0 Å². The molecule has 2 N–H and O–H groups in total. The molecule has 0 aliphatic rings. The highest BCUT2D eigenvalue weighted by molar-refractivity contribution is 5.96. The van der Waals surface area contributed by atoms with E-state index in [1.54, 1.807) is 18.2 Å². The Hall–Kier alpha value is -3.86. The number of pyridine rings is 1. The van der Waals surface area contributed by atoms with Crippen LogP contribution in [0.15, 0.2) is 89.7 Å². The quantitative estimate of drug-likeness (QED) is 0.527. The maximum absolute atomic E-state index is 12.6. The van der Waals surface area contributed by atoms with Gasteiger partial charge in [-0.3, -0.25) is 9.59 Å². The predicted octanol–water partition coefficient (Wildman–Crippen LogP) is 4.04. The van der Waals surface area contributed by atoms with Crippen LogP contribution in [0.2, 0.25) is 0 Å². The van der Waals surface area contributed by atoms with Crippen molar-refractivity contribution >= 4 is 16.7 Å². The number of aromatic nitrogens is 1. The lowest BCUT2D eigenvalue weighted by Crippen LogP contribution is -2.26. The molecule has 29 heavy (non-hydrogen) atoms. The highest BCUT2D eigenvalue weighted by Crippen LogP contribution is 2.15. The van der Waals surface area contributed by atoms with Crippen LogP contribution in [0.3, 0.4) is 0 Å². The van der Waals surface area contributed by atoms with E-state index in [4.69, 9.17) is 4.74 Å². The first-order valence-electron chi connectivity index (χ1n) is 9.35. The molecule has 1 amide bonds. The first kappa shape index (κ1) is 18.5. The van der Waals surface area contributed by atoms with Crippen molar-refractivity contribution < 1.29 is 9.53 Å². The van der Waals surface area contributed by atoms with Gasteiger partial charge in [0.2, 0.25) is 0 Å². The molecule has 5 nitrogen and oxygen atoms in total. The topological polar surface area (TPSA) is 71.2 Å². The molecule has 1 heterocycles. The van der Waals surface area contributed by atoms with E-state index in [0.29, 0.717) is 18.5 Å². The van der Waals surface area contributed by atoms with Gasteiger partial charge in [-0.2, -0.15) is 0 Å². The van der Waals surface area contributed by atoms with Crippen molar-refractivity contribution in [3.05, 3.63) is 112 Å². The average molecular weight is 384 g/mol. The normalized spacial score (nSPS) is 10.6. The lowest BCUT2D eigenvalue weighted by molar-refractivity contribution is 0.0945. The Balaban J connectivity index is 1.46. The summed E-state index contributed by atoms with van der Waals surface area (Å²) in [7, 11) is 0. The number of hydrogen-bond acceptors (Lipinski definition) is 3. The highest BCUT2D eigenvalue weighted by atomic mass is 16.5. The van der Waals surface area contributed by atoms with Gasteiger partial charge in [-0.15, -0.1) is 0 Å². The highest BCUT2D eigenvalue weighted by Gasteiger charge is 2.10. The van der Waals surface area contributed by atoms with Crippen molar-refractivity contribution in [1.82, 2.24) is 10.3 Å². The van der Waals surface area contributed by atoms with E-state index >= 15 is 0 Å². The Bertz CT molecular complexity index is 1200. The molecule has 144 valence electrons. The molecule has 0 saturated carbocycles. The fourth-order valence-corrected chi connectivity index (χ4v) is 3.15. The van der Waals surface area contributed by atoms with E-state index in [1.165, 1.54) is 0 Å². The summed E-state index contributed by atoms with van der Waals surface area (Å²) in [5.41, 5.74) is 1.92. The van der Waals surface area contributed by atoms with Gasteiger partial charge in [-0.25, -0.2) is 0 Å². The van der Waals surface area contributed by atoms with Crippen LogP contribution >= 0.6 is 0 Å². The van der Waals surface area contributed by atoms with Gasteiger partial charge in [0.1, 0.15) is 18.1 Å². The number of nitrogens with one attached hydrogen (secondary N) is 2. The summed E-state index contributed by atoms with van der Waals surface area (Å²) in [6.45, 7) is 0.741. The van der Waals surface area contributed by atoms with Gasteiger partial charge in [0.25, 0.3) is 11.5 Å². The van der Waals surface area contributed by atoms with Gasteiger partial charge in [-0.1, -0.05) is 60.7 Å². The fraction of sp³-hybridized carbons (Fsp3) is 0.0833. The maximum atomic E-state index is 12.6. The molecule has 0 unspecified atom stereocenters. The number of H-pyrrole nitrogens is 1. The molecule has 4 aromatic rings. The summed E-state index contributed by atoms with van der Waals surface area (Å²) in [6, 6.07) is 26.3. The maximum Gasteiger partial charge on any atom is 0.268 e. The zero-order valence-corrected chi connectivity index (χ0v) is 15.7. The van der Waals surface area contributed by atoms with Crippen LogP contribution in [-0.2, 0) is 13.2 Å². The minimum Gasteiger partial charge on any atom is -0.489 e. The second-order valence-corrected chi connectivity index (χ2v) is 6.65. The van der Waals surface area contributed by atoms with Gasteiger partial charge >= 0.3 is 0 Å². The van der Waals surface area contributed by atoms with Crippen LogP contribution in [0.1, 0.15) is 21.6 Å². The number of benzene rings is 3. The molecule has 3 aromatic carbocycles. The molecule has 0 radical (unpaired) electrons. The Kier molecular flexibility index (Phi) is 5.38. The van der Waals surface area contributed by atoms with E-state index < -0.39 is 0 Å². The molecular weight excluding hydrogens is 364 g/mol. The number of carbonyl (C=O) groups excluding carboxylic acids is 1. The second-order valence-electron chi connectivity index (χ2n) is 6.65. The smallest absolute Gasteiger partial charge is 0.268 e. The van der Waals surface area contributed by atoms with E-state index in [2.05, 4.69) is 10.3 Å². The lowest BCUT2D eigenvalue weighted by atomic mass is 10.1. The summed E-state index contributed by atoms with van der Waals surface area (Å²) < 4.78 is 5.83. The summed E-state index contributed by atoms with van der Waals surface area (Å²) in [5.74, 6) is 0.465. The minimum absolute atomic E-state index is 0.242. The monoisotopic (exact) mass is 384 g/mol. The number of aromatic amines is 1. The van der Waals surface area contributed by atoms with Crippen molar-refractivity contribution in [3.63, 3.8) is 0 Å². The van der Waals surface area contributed by atoms with Gasteiger partial charge in [0.15, 0.2) is 0 Å². The van der Waals surface area contributed by atoms with Crippen molar-refractivity contribution in [1.29, 1.82) is 0 Å². The number of amides is 1. The van der Waals surface area contributed by atoms with Crippen LogP contribution in [0.4, 0.5) is 0 Å². The molecule has 0 aliphatic carbocycles. The van der Waals surface area contributed by atoms with Gasteiger partial charge in [-0.05, 0) is 40.8 Å². The first-order chi connectivity index (χ1) is 14.2. The lowest BCUT2D eigenvalue weighted by Gasteiger charge is -2.12. The predicted molar refractivity (Wildman–Crippen MR) is 113 cm³/mol. The van der Waals surface area contributed by atoms with Crippen LogP contribution in [0.25, 0.3) is 10.8 Å². The number of fused-ring (bicyclic) bond motifs is 1. The molecule has 0 bridgehead atoms. The number of hydrogen-bond donors (Lipinski definition) is 2. The van der Waals surface area contributed by atoms with Crippen molar-refractivity contribution in [2.24, 2.45) is 0 Å². The zero-order chi connectivity index (χ0) is 20.1. The molecule has 4 rings (SSSR count). The molecule has 5 heteroatoms. The van der Waals surface area contributed by atoms with Gasteiger partial charge in [0.05, 0.1) is 0 Å². The third kappa shape index (κ3) is 4.35. The Morgan fingerprint density at radius 3 is 2.38 bits per heavy atom. The number of para-hydroxylation sites is 1. The molecule has 0 spiro atoms. The molecule has 1 aromatic heterocycles. The number of carbonyl (C=O) groups is 1. The SMILES string of the molecule is O=C(NCc1ccccc1COc1ccccc1)c1cc2ccccc2c(=O)[nH]1. The fourth-order valence-electron chi connectivity index (χ4n) is 3.15. The van der Waals surface area contributed by atoms with Crippen LogP contribution in [-0.4, -0.2) is 10.9 Å². The van der Waals surface area contributed by atoms with E-state index in [0.717, 1.165) is 22.3 Å². The molecule has 0 aliphatic heterocycles. The molecule has 0 atom stereocenters. The van der Waals surface area contributed by atoms with E-state index in [9.17, 15) is 9.59 Å². The zero-order valence-electron chi connectivity index (χ0n) is 15.7. The van der Waals surface area contributed by atoms with Crippen molar-refractivity contribution in [3.8, 4) is 5.75 Å². The standard InChI is InChI=1S/C24H20N2O3/c27-23-21-13-7-6-8-17(21)14-22(26-23)24(28)25-15-18-9-4-5-10-19(18)16-29-20-11-2-1-3-12-20/h1-14H,15-16H2,(H,25,28)(H,26,27). The summed E-state index contributed by atoms with van der Waals surface area (Å²) in [6.07, 6.45) is 0. The molecular formula is C24H20N2O3. The third-order valence-electron chi connectivity index (χ3n) is 4.69. The summed E-state index contributed by atoms with van der Waals surface area (Å²) in [4.78, 5) is 27.4. The van der Waals surface area contributed by atoms with Crippen LogP contribution < -0.4 is 15.6 Å². The van der Waals surface area contributed by atoms with Crippen LogP contribution in [0, 0.1) is 0 Å². The largest absolute Gasteiger partial charge is 0.489 e. The Morgan fingerprint density at radius 2 is 1.55 bits per heavy atom. The molecule has 0 saturated heterocycles. The number of ether oxygens (including phenoxy) is 1. The van der Waals surface area contributed by atoms with Gasteiger partial charge in [0, 0.05) is 11.9 Å². The second kappa shape index (κ2) is 8.44. The van der Waals surface area contributed by atoms with E-state index in [1.807, 2.05) is 66.7 Å². The Labute approximate surface area is 168 Å². The minimum atomic E-state index is -0.327. The number of rotatable bonds is 6. The average Bonchev–Trinajstić information content (AvgIpc) is 2.77. The Morgan fingerprint density at radius 1 is 0.862 bits per heavy atom. The van der Waals surface area contributed by atoms with Gasteiger partial charge < -0.3 is 15.0 Å². The summed E-state index contributed by atoms with van der Waals surface area (Å²) in [5, 5.41) is 4.18. The van der Waals surface area contributed by atoms with Crippen molar-refractivity contribution in [2.45, 2.75) is 13.2 Å². The summed E-state index contributed by atoms with van der Waals surface area (Å²) >= 11 is 0.